The van der Waals surface area contributed by atoms with E-state index in [1.807, 2.05) is 30.6 Å². The zero-order valence-corrected chi connectivity index (χ0v) is 35.0. The maximum absolute atomic E-state index is 6.31. The number of fused-ring (bicyclic) bond motifs is 3. The second kappa shape index (κ2) is 17.3. The van der Waals surface area contributed by atoms with Crippen LogP contribution in [0.15, 0.2) is 114 Å². The van der Waals surface area contributed by atoms with Crippen LogP contribution in [0.3, 0.4) is 0 Å². The molecule has 4 nitrogen and oxygen atoms in total. The van der Waals surface area contributed by atoms with Crippen LogP contribution in [0.5, 0.6) is 0 Å². The summed E-state index contributed by atoms with van der Waals surface area (Å²) in [4.78, 5) is 13.7. The van der Waals surface area contributed by atoms with Gasteiger partial charge in [-0.1, -0.05) is 137 Å². The molecule has 4 heterocycles. The third-order valence-electron chi connectivity index (χ3n) is 10.4. The van der Waals surface area contributed by atoms with Crippen LogP contribution in [-0.2, 0) is 32.9 Å². The summed E-state index contributed by atoms with van der Waals surface area (Å²) in [5.74, 6) is 1.27. The van der Waals surface area contributed by atoms with Gasteiger partial charge in [0.25, 0.3) is 0 Å². The van der Waals surface area contributed by atoms with E-state index < -0.39 is 8.07 Å². The van der Waals surface area contributed by atoms with Crippen molar-refractivity contribution in [3.05, 3.63) is 144 Å². The standard InChI is InChI=1S/C26H27N2O.C21H22NSi.Ir/c1-17(2)20-8-9-21-22-15-27-16-23(26(22)29-25(21)14-20)24-13-19(10-11-28-24)12-18-6-4-3-5-7-18;1-23(2,3)21-16-22-20(18-12-8-5-9-13-18)15-19(21)14-17-10-6-4-7-11-17;/h8-11,13-15,17-18H,3-7,12H2,1-2H3;4-12,15-16H,14H2,1-3H3;/q2*-1;. The van der Waals surface area contributed by atoms with Crippen molar-refractivity contribution >= 4 is 35.2 Å². The molecule has 4 aromatic heterocycles. The molecule has 0 spiro atoms. The van der Waals surface area contributed by atoms with Crippen LogP contribution in [-0.4, -0.2) is 23.0 Å². The summed E-state index contributed by atoms with van der Waals surface area (Å²) in [6.07, 6.45) is 18.0. The van der Waals surface area contributed by atoms with Crippen LogP contribution in [0.1, 0.15) is 74.1 Å². The molecule has 1 aliphatic carbocycles. The first-order chi connectivity index (χ1) is 25.2. The summed E-state index contributed by atoms with van der Waals surface area (Å²) in [7, 11) is -1.43. The van der Waals surface area contributed by atoms with Gasteiger partial charge in [0.15, 0.2) is 0 Å². The molecule has 8 rings (SSSR count). The molecule has 0 atom stereocenters. The molecule has 273 valence electrons. The van der Waals surface area contributed by atoms with Crippen LogP contribution in [0.25, 0.3) is 44.5 Å². The maximum Gasteiger partial charge on any atom is 0.121 e. The quantitative estimate of drug-likeness (QED) is 0.113. The predicted octanol–water partition coefficient (Wildman–Crippen LogP) is 11.8. The fraction of sp³-hybridized carbons (Fsp3) is 0.298. The minimum atomic E-state index is -1.43. The number of rotatable bonds is 8. The first kappa shape index (κ1) is 38.5. The van der Waals surface area contributed by atoms with E-state index in [0.29, 0.717) is 5.92 Å². The summed E-state index contributed by atoms with van der Waals surface area (Å²) >= 11 is 0. The Morgan fingerprint density at radius 3 is 2.32 bits per heavy atom. The molecular weight excluding hydrogens is 843 g/mol. The molecule has 7 aromatic rings. The Balaban J connectivity index is 0.000000183. The van der Waals surface area contributed by atoms with E-state index in [2.05, 4.69) is 135 Å². The average Bonchev–Trinajstić information content (AvgIpc) is 3.54. The van der Waals surface area contributed by atoms with Crippen molar-refractivity contribution in [3.63, 3.8) is 0 Å². The molecule has 0 amide bonds. The van der Waals surface area contributed by atoms with Crippen molar-refractivity contribution in [2.45, 2.75) is 84.4 Å². The Bertz CT molecular complexity index is 2250. The van der Waals surface area contributed by atoms with E-state index in [1.54, 1.807) is 0 Å². The maximum atomic E-state index is 6.31. The van der Waals surface area contributed by atoms with Gasteiger partial charge in [0.05, 0.1) is 13.7 Å². The van der Waals surface area contributed by atoms with E-state index >= 15 is 0 Å². The third kappa shape index (κ3) is 9.30. The summed E-state index contributed by atoms with van der Waals surface area (Å²) in [6.45, 7) is 11.5. The molecule has 53 heavy (non-hydrogen) atoms. The molecular formula is C47H49IrN3OSi-2. The number of benzene rings is 3. The van der Waals surface area contributed by atoms with Gasteiger partial charge < -0.3 is 19.4 Å². The molecule has 0 bridgehead atoms. The fourth-order valence-corrected chi connectivity index (χ4v) is 9.06. The molecule has 0 unspecified atom stereocenters. The zero-order chi connectivity index (χ0) is 36.1. The van der Waals surface area contributed by atoms with Crippen molar-refractivity contribution in [1.29, 1.82) is 0 Å². The Labute approximate surface area is 329 Å². The summed E-state index contributed by atoms with van der Waals surface area (Å²) in [6, 6.07) is 35.1. The van der Waals surface area contributed by atoms with Gasteiger partial charge in [0, 0.05) is 37.9 Å². The molecule has 0 saturated heterocycles. The van der Waals surface area contributed by atoms with Gasteiger partial charge in [0.2, 0.25) is 0 Å². The van der Waals surface area contributed by atoms with Crippen LogP contribution in [0, 0.1) is 18.2 Å². The Morgan fingerprint density at radius 2 is 1.58 bits per heavy atom. The Morgan fingerprint density at radius 1 is 0.792 bits per heavy atom. The number of aromatic nitrogens is 3. The van der Waals surface area contributed by atoms with E-state index in [9.17, 15) is 0 Å². The summed E-state index contributed by atoms with van der Waals surface area (Å²) in [5.41, 5.74) is 11.0. The van der Waals surface area contributed by atoms with Crippen LogP contribution in [0.4, 0.5) is 0 Å². The van der Waals surface area contributed by atoms with Gasteiger partial charge in [-0.15, -0.1) is 35.9 Å². The van der Waals surface area contributed by atoms with E-state index in [4.69, 9.17) is 9.40 Å². The van der Waals surface area contributed by atoms with E-state index in [1.165, 1.54) is 59.5 Å². The van der Waals surface area contributed by atoms with Gasteiger partial charge >= 0.3 is 0 Å². The van der Waals surface area contributed by atoms with Crippen molar-refractivity contribution in [1.82, 2.24) is 15.0 Å². The molecule has 0 N–H and O–H groups in total. The molecule has 6 heteroatoms. The predicted molar refractivity (Wildman–Crippen MR) is 219 cm³/mol. The summed E-state index contributed by atoms with van der Waals surface area (Å²) in [5, 5.41) is 3.58. The van der Waals surface area contributed by atoms with Gasteiger partial charge in [-0.2, -0.15) is 0 Å². The Hall–Kier alpha value is -4.22. The van der Waals surface area contributed by atoms with Crippen molar-refractivity contribution < 1.29 is 24.5 Å². The molecule has 3 aromatic carbocycles. The van der Waals surface area contributed by atoms with E-state index in [0.717, 1.165) is 63.2 Å². The van der Waals surface area contributed by atoms with Gasteiger partial charge in [-0.3, -0.25) is 0 Å². The monoisotopic (exact) mass is 892 g/mol. The minimum absolute atomic E-state index is 0. The number of pyridine rings is 3. The second-order valence-corrected chi connectivity index (χ2v) is 20.7. The molecule has 0 aliphatic heterocycles. The molecule has 1 radical (unpaired) electrons. The Kier molecular flexibility index (Phi) is 12.6. The number of furan rings is 1. The number of hydrogen-bond acceptors (Lipinski definition) is 4. The van der Waals surface area contributed by atoms with Gasteiger partial charge in [-0.05, 0) is 82.3 Å². The van der Waals surface area contributed by atoms with Gasteiger partial charge in [0.1, 0.15) is 5.58 Å². The van der Waals surface area contributed by atoms with E-state index in [-0.39, 0.29) is 20.1 Å². The molecule has 1 fully saturated rings. The molecule has 1 aliphatic rings. The van der Waals surface area contributed by atoms with Crippen LogP contribution in [0.2, 0.25) is 19.6 Å². The first-order valence-electron chi connectivity index (χ1n) is 18.9. The second-order valence-electron chi connectivity index (χ2n) is 15.7. The number of hydrogen-bond donors (Lipinski definition) is 0. The first-order valence-corrected chi connectivity index (χ1v) is 22.4. The van der Waals surface area contributed by atoms with Crippen LogP contribution < -0.4 is 5.19 Å². The SMILES string of the molecule is CC(C)c1ccc2c(c1)oc1c(-c3cc(CC4CCCCC4)ccn3)[c-]ncc12.C[Si](C)(C)c1cnc(-c2[c-]cccc2)cc1Cc1ccccc1.[Ir]. The smallest absolute Gasteiger partial charge is 0.121 e. The van der Waals surface area contributed by atoms with Crippen molar-refractivity contribution in [2.75, 3.05) is 0 Å². The fourth-order valence-electron chi connectivity index (χ4n) is 7.49. The average molecular weight is 892 g/mol. The summed E-state index contributed by atoms with van der Waals surface area (Å²) < 4.78 is 6.31. The molecule has 1 saturated carbocycles. The van der Waals surface area contributed by atoms with Crippen LogP contribution >= 0.6 is 0 Å². The van der Waals surface area contributed by atoms with Gasteiger partial charge in [-0.25, -0.2) is 0 Å². The zero-order valence-electron chi connectivity index (χ0n) is 31.6. The third-order valence-corrected chi connectivity index (χ3v) is 12.4. The topological polar surface area (TPSA) is 51.8 Å². The minimum Gasteiger partial charge on any atom is -0.500 e. The van der Waals surface area contributed by atoms with Crippen molar-refractivity contribution in [3.8, 4) is 22.5 Å². The normalized spacial score (nSPS) is 13.5. The number of nitrogens with zero attached hydrogens (tertiary/aromatic N) is 3. The van der Waals surface area contributed by atoms with Crippen molar-refractivity contribution in [2.24, 2.45) is 5.92 Å². The largest absolute Gasteiger partial charge is 0.500 e.